The number of rotatable bonds is 0. The van der Waals surface area contributed by atoms with E-state index in [0.717, 1.165) is 0 Å². The third-order valence-corrected chi connectivity index (χ3v) is 3.27. The Bertz CT molecular complexity index is 397. The van der Waals surface area contributed by atoms with Gasteiger partial charge >= 0.3 is 0 Å². The maximum Gasteiger partial charge on any atom is 0.283 e. The van der Waals surface area contributed by atoms with Crippen molar-refractivity contribution in [2.24, 2.45) is 0 Å². The monoisotopic (exact) mass is 258 g/mol. The van der Waals surface area contributed by atoms with Gasteiger partial charge in [0.2, 0.25) is 5.91 Å². The second-order valence-electron chi connectivity index (χ2n) is 5.48. The molecule has 3 N–H and O–H groups in total. The van der Waals surface area contributed by atoms with Crippen molar-refractivity contribution < 1.29 is 24.2 Å². The molecule has 0 radical (unpaired) electrons. The molecule has 2 heterocycles. The fourth-order valence-corrected chi connectivity index (χ4v) is 2.06. The van der Waals surface area contributed by atoms with Crippen LogP contribution in [0.3, 0.4) is 0 Å². The maximum atomic E-state index is 11.8. The summed E-state index contributed by atoms with van der Waals surface area (Å²) in [5.41, 5.74) is -2.18. The molecule has 0 aromatic carbocycles. The van der Waals surface area contributed by atoms with Gasteiger partial charge in [0.15, 0.2) is 0 Å². The molecule has 2 aliphatic heterocycles. The van der Waals surface area contributed by atoms with Crippen LogP contribution in [0.4, 0.5) is 0 Å². The van der Waals surface area contributed by atoms with Crippen LogP contribution in [0.5, 0.6) is 0 Å². The fraction of sp³-hybridized carbons (Fsp3) is 0.818. The predicted molar refractivity (Wildman–Crippen MR) is 60.5 cm³/mol. The van der Waals surface area contributed by atoms with Crippen LogP contribution in [0.2, 0.25) is 0 Å². The average Bonchev–Trinajstić information content (AvgIpc) is 2.49. The smallest absolute Gasteiger partial charge is 0.283 e. The molecule has 102 valence electrons. The minimum Gasteiger partial charge on any atom is -0.357 e. The van der Waals surface area contributed by atoms with Gasteiger partial charge in [0, 0.05) is 6.54 Å². The number of carbonyl (C=O) groups is 2. The fourth-order valence-electron chi connectivity index (χ4n) is 2.06. The highest BCUT2D eigenvalue weighted by atomic mass is 16.7. The number of hydrogen-bond donors (Lipinski definition) is 3. The summed E-state index contributed by atoms with van der Waals surface area (Å²) >= 11 is 0. The van der Waals surface area contributed by atoms with E-state index in [1.165, 1.54) is 0 Å². The van der Waals surface area contributed by atoms with E-state index in [9.17, 15) is 14.7 Å². The van der Waals surface area contributed by atoms with E-state index in [1.807, 2.05) is 0 Å². The lowest BCUT2D eigenvalue weighted by Crippen LogP contribution is -2.60. The van der Waals surface area contributed by atoms with E-state index >= 15 is 0 Å². The van der Waals surface area contributed by atoms with Crippen molar-refractivity contribution in [1.29, 1.82) is 0 Å². The molecular formula is C11H18N2O5. The number of amides is 2. The lowest BCUT2D eigenvalue weighted by atomic mass is 9.97. The highest BCUT2D eigenvalue weighted by molar-refractivity contribution is 5.88. The van der Waals surface area contributed by atoms with E-state index in [0.29, 0.717) is 0 Å². The van der Waals surface area contributed by atoms with Crippen molar-refractivity contribution in [3.63, 3.8) is 0 Å². The number of aliphatic hydroxyl groups is 1. The van der Waals surface area contributed by atoms with Gasteiger partial charge in [0.25, 0.3) is 11.7 Å². The van der Waals surface area contributed by atoms with Gasteiger partial charge in [-0.3, -0.25) is 9.59 Å². The minimum absolute atomic E-state index is 0.0890. The summed E-state index contributed by atoms with van der Waals surface area (Å²) in [6.45, 7) is 4.95. The summed E-state index contributed by atoms with van der Waals surface area (Å²) in [5, 5.41) is 15.6. The molecule has 7 heteroatoms. The van der Waals surface area contributed by atoms with Gasteiger partial charge in [0.1, 0.15) is 12.2 Å². The first kappa shape index (κ1) is 13.3. The van der Waals surface area contributed by atoms with Gasteiger partial charge in [-0.2, -0.15) is 0 Å². The van der Waals surface area contributed by atoms with Gasteiger partial charge in [0.05, 0.1) is 12.1 Å². The Hall–Kier alpha value is -1.18. The van der Waals surface area contributed by atoms with Crippen LogP contribution in [0.25, 0.3) is 0 Å². The Balaban J connectivity index is 2.38. The lowest BCUT2D eigenvalue weighted by molar-refractivity contribution is -0.300. The highest BCUT2D eigenvalue weighted by Crippen LogP contribution is 2.36. The molecule has 0 bridgehead atoms. The molecule has 0 aliphatic carbocycles. The van der Waals surface area contributed by atoms with E-state index in [-0.39, 0.29) is 25.6 Å². The van der Waals surface area contributed by atoms with Crippen LogP contribution in [0, 0.1) is 0 Å². The van der Waals surface area contributed by atoms with Crippen LogP contribution >= 0.6 is 0 Å². The molecule has 2 amide bonds. The van der Waals surface area contributed by atoms with Crippen molar-refractivity contribution >= 4 is 11.8 Å². The second kappa shape index (κ2) is 3.91. The summed E-state index contributed by atoms with van der Waals surface area (Å²) in [6, 6.07) is 0. The number of fused-ring (bicyclic) bond motifs is 1. The topological polar surface area (TPSA) is 96.9 Å². The van der Waals surface area contributed by atoms with Crippen LogP contribution in [0.15, 0.2) is 0 Å². The summed E-state index contributed by atoms with van der Waals surface area (Å²) in [5.74, 6) is -3.05. The van der Waals surface area contributed by atoms with Gasteiger partial charge in [-0.1, -0.05) is 0 Å². The molecular weight excluding hydrogens is 240 g/mol. The molecule has 2 rings (SSSR count). The number of carbonyl (C=O) groups excluding carboxylic acids is 2. The van der Waals surface area contributed by atoms with Crippen LogP contribution in [0.1, 0.15) is 20.8 Å². The average molecular weight is 258 g/mol. The molecule has 2 saturated heterocycles. The summed E-state index contributed by atoms with van der Waals surface area (Å²) in [7, 11) is 0. The third-order valence-electron chi connectivity index (χ3n) is 3.27. The standard InChI is InChI=1S/C11H18N2O5/c1-9(2)5-12-7(14)4-17-10(3)6-13-8(15)11(10,16)18-9/h16H,4-6H2,1-3H3,(H,12,14)(H,13,15)/t10-,11+/m0/s1. The SMILES string of the molecule is CC1(C)CNC(=O)CO[C@@]2(C)CNC(=O)[C@@]2(O)O1. The predicted octanol–water partition coefficient (Wildman–Crippen LogP) is -1.49. The Morgan fingerprint density at radius 2 is 1.83 bits per heavy atom. The van der Waals surface area contributed by atoms with Crippen LogP contribution in [-0.2, 0) is 19.1 Å². The van der Waals surface area contributed by atoms with Gasteiger partial charge < -0.3 is 25.2 Å². The van der Waals surface area contributed by atoms with Crippen LogP contribution in [-0.4, -0.2) is 53.6 Å². The molecule has 18 heavy (non-hydrogen) atoms. The minimum atomic E-state index is -2.09. The lowest BCUT2D eigenvalue weighted by Gasteiger charge is -2.39. The maximum absolute atomic E-state index is 11.8. The van der Waals surface area contributed by atoms with E-state index in [1.54, 1.807) is 20.8 Å². The normalized spacial score (nSPS) is 40.0. The number of nitrogens with one attached hydrogen (secondary N) is 2. The quantitative estimate of drug-likeness (QED) is 0.491. The van der Waals surface area contributed by atoms with Crippen molar-refractivity contribution in [3.8, 4) is 0 Å². The molecule has 2 aliphatic rings. The van der Waals surface area contributed by atoms with Crippen molar-refractivity contribution in [3.05, 3.63) is 0 Å². The number of hydrogen-bond acceptors (Lipinski definition) is 5. The van der Waals surface area contributed by atoms with Crippen LogP contribution < -0.4 is 10.6 Å². The molecule has 0 aromatic heterocycles. The largest absolute Gasteiger partial charge is 0.357 e. The van der Waals surface area contributed by atoms with Crippen molar-refractivity contribution in [2.75, 3.05) is 19.7 Å². The zero-order valence-corrected chi connectivity index (χ0v) is 10.7. The highest BCUT2D eigenvalue weighted by Gasteiger charge is 2.62. The molecule has 2 fully saturated rings. The zero-order chi connectivity index (χ0) is 13.6. The van der Waals surface area contributed by atoms with Crippen molar-refractivity contribution in [1.82, 2.24) is 10.6 Å². The molecule has 7 nitrogen and oxygen atoms in total. The van der Waals surface area contributed by atoms with Crippen molar-refractivity contribution in [2.45, 2.75) is 37.8 Å². The number of ether oxygens (including phenoxy) is 2. The zero-order valence-electron chi connectivity index (χ0n) is 10.7. The Morgan fingerprint density at radius 1 is 1.17 bits per heavy atom. The molecule has 0 aromatic rings. The van der Waals surface area contributed by atoms with Gasteiger partial charge in [-0.25, -0.2) is 0 Å². The first-order chi connectivity index (χ1) is 8.19. The summed E-state index contributed by atoms with van der Waals surface area (Å²) in [6.07, 6.45) is 0. The van der Waals surface area contributed by atoms with E-state index < -0.39 is 22.9 Å². The first-order valence-corrected chi connectivity index (χ1v) is 5.80. The van der Waals surface area contributed by atoms with E-state index in [2.05, 4.69) is 10.6 Å². The van der Waals surface area contributed by atoms with Gasteiger partial charge in [-0.15, -0.1) is 0 Å². The summed E-state index contributed by atoms with van der Waals surface area (Å²) in [4.78, 5) is 23.3. The Morgan fingerprint density at radius 3 is 2.50 bits per heavy atom. The molecule has 0 unspecified atom stereocenters. The third kappa shape index (κ3) is 1.98. The first-order valence-electron chi connectivity index (χ1n) is 5.80. The Kier molecular flexibility index (Phi) is 2.88. The molecule has 0 spiro atoms. The van der Waals surface area contributed by atoms with Gasteiger partial charge in [-0.05, 0) is 20.8 Å². The van der Waals surface area contributed by atoms with E-state index in [4.69, 9.17) is 9.47 Å². The molecule has 0 saturated carbocycles. The molecule has 2 atom stereocenters. The second-order valence-corrected chi connectivity index (χ2v) is 5.48. The summed E-state index contributed by atoms with van der Waals surface area (Å²) < 4.78 is 10.9. The Labute approximate surface area is 105 Å².